The van der Waals surface area contributed by atoms with Crippen LogP contribution in [0.1, 0.15) is 16.1 Å². The molecule has 0 aliphatic carbocycles. The Bertz CT molecular complexity index is 1720. The lowest BCUT2D eigenvalue weighted by Gasteiger charge is -2.34. The van der Waals surface area contributed by atoms with E-state index >= 15 is 0 Å². The van der Waals surface area contributed by atoms with Crippen LogP contribution in [-0.4, -0.2) is 58.5 Å². The fourth-order valence-corrected chi connectivity index (χ4v) is 5.60. The van der Waals surface area contributed by atoms with Gasteiger partial charge in [-0.25, -0.2) is 4.98 Å². The topological polar surface area (TPSA) is 53.8 Å². The Balaban J connectivity index is 0.00000368. The molecule has 0 spiro atoms. The minimum absolute atomic E-state index is 0. The van der Waals surface area contributed by atoms with Crippen LogP contribution in [0.2, 0.25) is 10.0 Å². The minimum atomic E-state index is 0. The number of hydrogen-bond donors (Lipinski definition) is 0. The lowest BCUT2D eigenvalue weighted by Crippen LogP contribution is -2.48. The number of aryl methyl sites for hydroxylation is 1. The van der Waals surface area contributed by atoms with E-state index in [0.717, 1.165) is 41.9 Å². The predicted molar refractivity (Wildman–Crippen MR) is 180 cm³/mol. The van der Waals surface area contributed by atoms with E-state index in [0.29, 0.717) is 40.5 Å². The van der Waals surface area contributed by atoms with E-state index < -0.39 is 0 Å². The zero-order chi connectivity index (χ0) is 29.2. The first-order valence-electron chi connectivity index (χ1n) is 13.8. The van der Waals surface area contributed by atoms with Gasteiger partial charge in [0.05, 0.1) is 21.9 Å². The van der Waals surface area contributed by atoms with E-state index in [1.807, 2.05) is 83.1 Å². The van der Waals surface area contributed by atoms with E-state index in [1.54, 1.807) is 12.3 Å². The molecule has 3 aromatic carbocycles. The fraction of sp³-hybridized carbons (Fsp3) is 0.212. The summed E-state index contributed by atoms with van der Waals surface area (Å²) in [6, 6.07) is 27.5. The van der Waals surface area contributed by atoms with E-state index in [4.69, 9.17) is 27.9 Å². The van der Waals surface area contributed by atoms with Crippen LogP contribution in [-0.2, 0) is 13.6 Å². The van der Waals surface area contributed by atoms with Crippen LogP contribution in [0.4, 0.5) is 11.4 Å². The van der Waals surface area contributed by atoms with Crippen LogP contribution >= 0.6 is 40.2 Å². The van der Waals surface area contributed by atoms with Gasteiger partial charge in [0.25, 0.3) is 5.91 Å². The normalized spacial score (nSPS) is 13.5. The Labute approximate surface area is 272 Å². The first-order valence-corrected chi connectivity index (χ1v) is 14.6. The zero-order valence-electron chi connectivity index (χ0n) is 23.9. The minimum Gasteiger partial charge on any atom is -0.439 e. The van der Waals surface area contributed by atoms with Gasteiger partial charge in [-0.2, -0.15) is 0 Å². The zero-order valence-corrected chi connectivity index (χ0v) is 27.1. The first-order chi connectivity index (χ1) is 20.4. The second-order valence-corrected chi connectivity index (χ2v) is 11.3. The van der Waals surface area contributed by atoms with Gasteiger partial charge in [-0.15, -0.1) is 17.0 Å². The highest BCUT2D eigenvalue weighted by Gasteiger charge is 2.25. The monoisotopic (exact) mass is 679 g/mol. The molecule has 43 heavy (non-hydrogen) atoms. The Morgan fingerprint density at radius 1 is 0.884 bits per heavy atom. The van der Waals surface area contributed by atoms with Gasteiger partial charge < -0.3 is 19.1 Å². The molecule has 7 nitrogen and oxygen atoms in total. The number of amides is 1. The Hall–Kier alpha value is -3.56. The highest BCUT2D eigenvalue weighted by molar-refractivity contribution is 8.93. The molecule has 222 valence electrons. The van der Waals surface area contributed by atoms with Crippen molar-refractivity contribution in [1.82, 2.24) is 19.4 Å². The second kappa shape index (κ2) is 13.4. The van der Waals surface area contributed by atoms with Gasteiger partial charge in [-0.3, -0.25) is 9.69 Å². The van der Waals surface area contributed by atoms with Gasteiger partial charge in [-0.1, -0.05) is 53.5 Å². The van der Waals surface area contributed by atoms with Crippen molar-refractivity contribution in [1.29, 1.82) is 0 Å². The largest absolute Gasteiger partial charge is 0.439 e. The smallest absolute Gasteiger partial charge is 0.270 e. The predicted octanol–water partition coefficient (Wildman–Crippen LogP) is 7.98. The summed E-state index contributed by atoms with van der Waals surface area (Å²) in [4.78, 5) is 24.3. The number of hydrogen-bond acceptors (Lipinski definition) is 5. The number of carbonyl (C=O) groups excluding carboxylic acids is 1. The van der Waals surface area contributed by atoms with E-state index in [2.05, 4.69) is 34.1 Å². The number of ether oxygens (including phenoxy) is 1. The molecule has 6 rings (SSSR count). The molecule has 5 aromatic rings. The van der Waals surface area contributed by atoms with Crippen molar-refractivity contribution in [3.05, 3.63) is 112 Å². The molecule has 0 bridgehead atoms. The van der Waals surface area contributed by atoms with Crippen molar-refractivity contribution >= 4 is 68.4 Å². The Kier molecular flexibility index (Phi) is 9.62. The van der Waals surface area contributed by atoms with E-state index in [9.17, 15) is 4.79 Å². The van der Waals surface area contributed by atoms with Gasteiger partial charge in [0.2, 0.25) is 5.88 Å². The van der Waals surface area contributed by atoms with Gasteiger partial charge in [0.15, 0.2) is 0 Å². The highest BCUT2D eigenvalue weighted by Crippen LogP contribution is 2.32. The summed E-state index contributed by atoms with van der Waals surface area (Å²) >= 11 is 12.2. The molecule has 1 aliphatic heterocycles. The number of nitrogens with zero attached hydrogens (tertiary/aromatic N) is 5. The SMILES string of the molecule is Br.CN(c1ccc(Oc2ccc3c(c2)cc(C(=O)N2CCN(Cc4ccccc4)CC2)n3C)nc1)c1ccc(Cl)c(Cl)c1. The van der Waals surface area contributed by atoms with Gasteiger partial charge in [-0.05, 0) is 54.1 Å². The molecular weight excluding hydrogens is 649 g/mol. The van der Waals surface area contributed by atoms with Crippen molar-refractivity contribution in [2.24, 2.45) is 7.05 Å². The number of benzene rings is 3. The first kappa shape index (κ1) is 30.9. The van der Waals surface area contributed by atoms with Crippen LogP contribution in [0, 0.1) is 0 Å². The summed E-state index contributed by atoms with van der Waals surface area (Å²) in [5.41, 5.74) is 4.72. The third-order valence-electron chi connectivity index (χ3n) is 7.76. The number of aromatic nitrogens is 2. The molecule has 0 radical (unpaired) electrons. The number of fused-ring (bicyclic) bond motifs is 1. The average molecular weight is 681 g/mol. The number of halogens is 3. The van der Waals surface area contributed by atoms with Crippen molar-refractivity contribution in [3.63, 3.8) is 0 Å². The number of piperazine rings is 1. The lowest BCUT2D eigenvalue weighted by atomic mass is 10.2. The van der Waals surface area contributed by atoms with Crippen LogP contribution in [0.5, 0.6) is 11.6 Å². The van der Waals surface area contributed by atoms with E-state index in [1.165, 1.54) is 5.56 Å². The molecule has 1 amide bonds. The maximum Gasteiger partial charge on any atom is 0.270 e. The van der Waals surface area contributed by atoms with Gasteiger partial charge in [0.1, 0.15) is 11.4 Å². The lowest BCUT2D eigenvalue weighted by molar-refractivity contribution is 0.0619. The molecule has 10 heteroatoms. The van der Waals surface area contributed by atoms with E-state index in [-0.39, 0.29) is 22.9 Å². The van der Waals surface area contributed by atoms with Crippen molar-refractivity contribution < 1.29 is 9.53 Å². The third-order valence-corrected chi connectivity index (χ3v) is 8.50. The standard InChI is InChI=1S/C33H31Cl2N5O2.BrH/c1-37(25-8-11-28(34)29(35)20-25)26-9-13-32(36-21-26)42-27-10-12-30-24(18-27)19-31(38(30)2)33(41)40-16-14-39(15-17-40)22-23-6-4-3-5-7-23;/h3-13,18-21H,14-17,22H2,1-2H3;1H. The molecule has 2 aromatic heterocycles. The number of anilines is 2. The molecule has 0 saturated carbocycles. The van der Waals surface area contributed by atoms with Gasteiger partial charge >= 0.3 is 0 Å². The van der Waals surface area contributed by atoms with Crippen LogP contribution in [0.15, 0.2) is 91.1 Å². The van der Waals surface area contributed by atoms with Crippen LogP contribution in [0.25, 0.3) is 10.9 Å². The summed E-state index contributed by atoms with van der Waals surface area (Å²) in [7, 11) is 3.87. The molecular formula is C33H32BrCl2N5O2. The summed E-state index contributed by atoms with van der Waals surface area (Å²) in [6.45, 7) is 4.05. The second-order valence-electron chi connectivity index (χ2n) is 10.5. The molecule has 0 atom stereocenters. The maximum absolute atomic E-state index is 13.5. The Morgan fingerprint density at radius 3 is 2.33 bits per heavy atom. The molecule has 1 saturated heterocycles. The van der Waals surface area contributed by atoms with Crippen molar-refractivity contribution in [2.45, 2.75) is 6.54 Å². The molecule has 1 fully saturated rings. The maximum atomic E-state index is 13.5. The van der Waals surface area contributed by atoms with Crippen LogP contribution in [0.3, 0.4) is 0 Å². The number of carbonyl (C=O) groups is 1. The third kappa shape index (κ3) is 6.83. The van der Waals surface area contributed by atoms with Crippen molar-refractivity contribution in [3.8, 4) is 11.6 Å². The van der Waals surface area contributed by atoms with Crippen LogP contribution < -0.4 is 9.64 Å². The average Bonchev–Trinajstić information content (AvgIpc) is 3.34. The quantitative estimate of drug-likeness (QED) is 0.175. The number of pyridine rings is 1. The summed E-state index contributed by atoms with van der Waals surface area (Å²) in [5, 5.41) is 1.95. The molecule has 0 unspecified atom stereocenters. The molecule has 0 N–H and O–H groups in total. The molecule has 3 heterocycles. The summed E-state index contributed by atoms with van der Waals surface area (Å²) < 4.78 is 8.03. The number of rotatable bonds is 7. The van der Waals surface area contributed by atoms with Gasteiger partial charge in [0, 0.05) is 69.5 Å². The fourth-order valence-electron chi connectivity index (χ4n) is 5.30. The summed E-state index contributed by atoms with van der Waals surface area (Å²) in [6.07, 6.45) is 1.75. The molecule has 1 aliphatic rings. The summed E-state index contributed by atoms with van der Waals surface area (Å²) in [5.74, 6) is 1.18. The Morgan fingerprint density at radius 2 is 1.63 bits per heavy atom. The highest BCUT2D eigenvalue weighted by atomic mass is 79.9. The van der Waals surface area contributed by atoms with Crippen molar-refractivity contribution in [2.75, 3.05) is 38.1 Å².